The van der Waals surface area contributed by atoms with E-state index in [-0.39, 0.29) is 3.57 Å². The second kappa shape index (κ2) is 4.08. The quantitative estimate of drug-likeness (QED) is 0.728. The Hall–Kier alpha value is -1.05. The van der Waals surface area contributed by atoms with Crippen molar-refractivity contribution in [1.82, 2.24) is 9.78 Å². The summed E-state index contributed by atoms with van der Waals surface area (Å²) in [5.74, 6) is 0. The number of hydrogen-bond donors (Lipinski definition) is 0. The van der Waals surface area contributed by atoms with Gasteiger partial charge in [0.25, 0.3) is 0 Å². The molecule has 0 unspecified atom stereocenters. The normalized spacial score (nSPS) is 11.8. The Morgan fingerprint density at radius 1 is 1.12 bits per heavy atom. The molecule has 16 heavy (non-hydrogen) atoms. The predicted molar refractivity (Wildman–Crippen MR) is 61.3 cm³/mol. The van der Waals surface area contributed by atoms with E-state index in [0.29, 0.717) is 5.69 Å². The van der Waals surface area contributed by atoms with Gasteiger partial charge in [-0.3, -0.25) is 0 Å². The van der Waals surface area contributed by atoms with Crippen LogP contribution in [-0.4, -0.2) is 9.78 Å². The van der Waals surface area contributed by atoms with Crippen LogP contribution in [0, 0.1) is 3.57 Å². The van der Waals surface area contributed by atoms with Crippen molar-refractivity contribution in [1.29, 1.82) is 0 Å². The fourth-order valence-corrected chi connectivity index (χ4v) is 1.94. The van der Waals surface area contributed by atoms with E-state index in [0.717, 1.165) is 0 Å². The maximum Gasteiger partial charge on any atom is 0.436 e. The van der Waals surface area contributed by atoms with Gasteiger partial charge in [-0.1, -0.05) is 18.2 Å². The monoisotopic (exact) mass is 338 g/mol. The number of para-hydroxylation sites is 1. The zero-order valence-corrected chi connectivity index (χ0v) is 10.0. The minimum atomic E-state index is -4.41. The highest BCUT2D eigenvalue weighted by Gasteiger charge is 2.36. The Bertz CT molecular complexity index is 491. The van der Waals surface area contributed by atoms with Crippen molar-refractivity contribution < 1.29 is 13.2 Å². The second-order valence-corrected chi connectivity index (χ2v) is 4.27. The first kappa shape index (κ1) is 11.4. The van der Waals surface area contributed by atoms with Crippen LogP contribution in [0.3, 0.4) is 0 Å². The molecule has 2 aromatic rings. The molecule has 0 amide bonds. The second-order valence-electron chi connectivity index (χ2n) is 3.10. The van der Waals surface area contributed by atoms with Crippen LogP contribution in [0.25, 0.3) is 5.69 Å². The van der Waals surface area contributed by atoms with E-state index in [1.165, 1.54) is 10.9 Å². The molecule has 0 saturated heterocycles. The first-order valence-electron chi connectivity index (χ1n) is 4.36. The molecule has 0 aliphatic rings. The van der Waals surface area contributed by atoms with Gasteiger partial charge in [0.05, 0.1) is 9.26 Å². The fraction of sp³-hybridized carbons (Fsp3) is 0.100. The fourth-order valence-electron chi connectivity index (χ4n) is 1.26. The van der Waals surface area contributed by atoms with Crippen molar-refractivity contribution >= 4 is 22.6 Å². The van der Waals surface area contributed by atoms with E-state index in [4.69, 9.17) is 0 Å². The first-order valence-corrected chi connectivity index (χ1v) is 5.44. The maximum atomic E-state index is 12.5. The average Bonchev–Trinajstić information content (AvgIpc) is 2.61. The van der Waals surface area contributed by atoms with Crippen LogP contribution in [0.2, 0.25) is 0 Å². The number of halogens is 4. The Morgan fingerprint density at radius 2 is 1.75 bits per heavy atom. The number of benzene rings is 1. The van der Waals surface area contributed by atoms with Crippen molar-refractivity contribution in [2.45, 2.75) is 6.18 Å². The SMILES string of the molecule is FC(F)(F)c1nn(-c2ccccc2)cc1I. The lowest BCUT2D eigenvalue weighted by molar-refractivity contribution is -0.142. The molecule has 0 aliphatic carbocycles. The van der Waals surface area contributed by atoms with E-state index in [1.807, 2.05) is 0 Å². The average molecular weight is 338 g/mol. The van der Waals surface area contributed by atoms with Crippen LogP contribution in [0.4, 0.5) is 13.2 Å². The van der Waals surface area contributed by atoms with Crippen molar-refractivity contribution in [3.05, 3.63) is 45.8 Å². The van der Waals surface area contributed by atoms with Gasteiger partial charge in [0.15, 0.2) is 5.69 Å². The summed E-state index contributed by atoms with van der Waals surface area (Å²) >= 11 is 1.63. The molecule has 1 aromatic heterocycles. The summed E-state index contributed by atoms with van der Waals surface area (Å²) in [6, 6.07) is 8.68. The van der Waals surface area contributed by atoms with Gasteiger partial charge in [-0.05, 0) is 34.7 Å². The number of nitrogens with zero attached hydrogens (tertiary/aromatic N) is 2. The minimum Gasteiger partial charge on any atom is -0.239 e. The van der Waals surface area contributed by atoms with Crippen molar-refractivity contribution in [3.8, 4) is 5.69 Å². The van der Waals surface area contributed by atoms with Crippen LogP contribution in [-0.2, 0) is 6.18 Å². The van der Waals surface area contributed by atoms with Gasteiger partial charge < -0.3 is 0 Å². The molecule has 2 nitrogen and oxygen atoms in total. The van der Waals surface area contributed by atoms with E-state index >= 15 is 0 Å². The topological polar surface area (TPSA) is 17.8 Å². The van der Waals surface area contributed by atoms with Gasteiger partial charge in [-0.25, -0.2) is 4.68 Å². The van der Waals surface area contributed by atoms with Crippen LogP contribution in [0.5, 0.6) is 0 Å². The van der Waals surface area contributed by atoms with Crippen LogP contribution in [0.15, 0.2) is 36.5 Å². The summed E-state index contributed by atoms with van der Waals surface area (Å²) in [6.45, 7) is 0. The standard InChI is InChI=1S/C10H6F3IN2/c11-10(12,13)9-8(14)6-16(15-9)7-4-2-1-3-5-7/h1-6H. The molecule has 2 rings (SSSR count). The molecular formula is C10H6F3IN2. The Kier molecular flexibility index (Phi) is 2.92. The summed E-state index contributed by atoms with van der Waals surface area (Å²) in [5, 5.41) is 3.54. The number of hydrogen-bond acceptors (Lipinski definition) is 1. The molecule has 1 aromatic carbocycles. The van der Waals surface area contributed by atoms with Gasteiger partial charge >= 0.3 is 6.18 Å². The highest BCUT2D eigenvalue weighted by molar-refractivity contribution is 14.1. The number of alkyl halides is 3. The van der Waals surface area contributed by atoms with E-state index in [2.05, 4.69) is 5.10 Å². The van der Waals surface area contributed by atoms with Gasteiger partial charge in [0.1, 0.15) is 0 Å². The van der Waals surface area contributed by atoms with E-state index < -0.39 is 11.9 Å². The van der Waals surface area contributed by atoms with Crippen LogP contribution in [0.1, 0.15) is 5.69 Å². The first-order chi connectivity index (χ1) is 7.48. The zero-order chi connectivity index (χ0) is 11.8. The van der Waals surface area contributed by atoms with Crippen molar-refractivity contribution in [2.24, 2.45) is 0 Å². The zero-order valence-electron chi connectivity index (χ0n) is 7.87. The van der Waals surface area contributed by atoms with Gasteiger partial charge in [-0.2, -0.15) is 18.3 Å². The number of aromatic nitrogens is 2. The lowest BCUT2D eigenvalue weighted by atomic mass is 10.3. The molecule has 6 heteroatoms. The Labute approximate surface area is 103 Å². The van der Waals surface area contributed by atoms with Gasteiger partial charge in [0.2, 0.25) is 0 Å². The van der Waals surface area contributed by atoms with Crippen molar-refractivity contribution in [3.63, 3.8) is 0 Å². The molecule has 0 radical (unpaired) electrons. The summed E-state index contributed by atoms with van der Waals surface area (Å²) in [7, 11) is 0. The highest BCUT2D eigenvalue weighted by Crippen LogP contribution is 2.31. The lowest BCUT2D eigenvalue weighted by Gasteiger charge is -2.02. The molecule has 0 aliphatic heterocycles. The summed E-state index contributed by atoms with van der Waals surface area (Å²) in [5.41, 5.74) is -0.243. The number of rotatable bonds is 1. The van der Waals surface area contributed by atoms with Gasteiger partial charge in [0, 0.05) is 6.20 Å². The smallest absolute Gasteiger partial charge is 0.239 e. The third-order valence-corrected chi connectivity index (χ3v) is 2.75. The Balaban J connectivity index is 2.47. The van der Waals surface area contributed by atoms with Gasteiger partial charge in [-0.15, -0.1) is 0 Å². The van der Waals surface area contributed by atoms with E-state index in [1.54, 1.807) is 52.9 Å². The van der Waals surface area contributed by atoms with Crippen LogP contribution >= 0.6 is 22.6 Å². The molecule has 0 saturated carbocycles. The van der Waals surface area contributed by atoms with Crippen molar-refractivity contribution in [2.75, 3.05) is 0 Å². The largest absolute Gasteiger partial charge is 0.436 e. The third kappa shape index (κ3) is 2.21. The molecule has 1 heterocycles. The minimum absolute atomic E-state index is 0.0916. The molecule has 0 N–H and O–H groups in total. The molecule has 84 valence electrons. The molecule has 0 atom stereocenters. The highest BCUT2D eigenvalue weighted by atomic mass is 127. The third-order valence-electron chi connectivity index (χ3n) is 1.96. The molecule has 0 spiro atoms. The molecule has 0 bridgehead atoms. The summed E-state index contributed by atoms with van der Waals surface area (Å²) in [4.78, 5) is 0. The van der Waals surface area contributed by atoms with E-state index in [9.17, 15) is 13.2 Å². The van der Waals surface area contributed by atoms with Crippen LogP contribution < -0.4 is 0 Å². The Morgan fingerprint density at radius 3 is 2.25 bits per heavy atom. The molecule has 0 fully saturated rings. The molecular weight excluding hydrogens is 332 g/mol. The maximum absolute atomic E-state index is 12.5. The predicted octanol–water partition coefficient (Wildman–Crippen LogP) is 3.50. The summed E-state index contributed by atoms with van der Waals surface area (Å²) in [6.07, 6.45) is -3.05. The summed E-state index contributed by atoms with van der Waals surface area (Å²) < 4.78 is 38.8. The lowest BCUT2D eigenvalue weighted by Crippen LogP contribution is -2.08.